The molecule has 2 fully saturated rings. The Morgan fingerprint density at radius 3 is 2.65 bits per heavy atom. The summed E-state index contributed by atoms with van der Waals surface area (Å²) in [5.74, 6) is -1.79. The highest BCUT2D eigenvalue weighted by Gasteiger charge is 2.44. The number of benzene rings is 3. The lowest BCUT2D eigenvalue weighted by atomic mass is 10.0. The zero-order valence-corrected chi connectivity index (χ0v) is 24.9. The number of fused-ring (bicyclic) bond motifs is 2. The van der Waals surface area contributed by atoms with Gasteiger partial charge in [0.25, 0.3) is 11.8 Å². The standard InChI is InChI=1S/C32H26ClFN6O6/c33-22-10-17(2-4-23(22)34)38-29-21-11-25(27(12-24(21)36-15-37-29)46-18-7-8-45-14-18)35-13-16-1-3-19-20(9-16)32(44)40(31(19)43)26-5-6-28(41)39-30(26)42/h1-4,9-12,15,18,26,35H,5-8,13-14H2,(H,36,37,38)(H,39,41,42)/t18-,26?/m0/s1. The predicted molar refractivity (Wildman–Crippen MR) is 165 cm³/mol. The van der Waals surface area contributed by atoms with E-state index in [0.717, 1.165) is 11.3 Å². The van der Waals surface area contributed by atoms with Crippen molar-refractivity contribution >= 4 is 63.3 Å². The van der Waals surface area contributed by atoms with Gasteiger partial charge in [-0.2, -0.15) is 0 Å². The largest absolute Gasteiger partial charge is 0.486 e. The number of piperidine rings is 1. The summed E-state index contributed by atoms with van der Waals surface area (Å²) in [6, 6.07) is 11.8. The van der Waals surface area contributed by atoms with Crippen molar-refractivity contribution < 1.29 is 33.0 Å². The lowest BCUT2D eigenvalue weighted by Gasteiger charge is -2.27. The fourth-order valence-corrected chi connectivity index (χ4v) is 5.92. The van der Waals surface area contributed by atoms with Crippen LogP contribution in [0.15, 0.2) is 54.9 Å². The maximum atomic E-state index is 13.7. The summed E-state index contributed by atoms with van der Waals surface area (Å²) in [6.07, 6.45) is 2.11. The third kappa shape index (κ3) is 5.59. The van der Waals surface area contributed by atoms with Crippen molar-refractivity contribution in [2.45, 2.75) is 38.0 Å². The highest BCUT2D eigenvalue weighted by atomic mass is 35.5. The molecule has 46 heavy (non-hydrogen) atoms. The number of aromatic nitrogens is 2. The van der Waals surface area contributed by atoms with Crippen LogP contribution in [0.25, 0.3) is 10.9 Å². The van der Waals surface area contributed by atoms with Gasteiger partial charge in [0, 0.05) is 36.5 Å². The zero-order valence-electron chi connectivity index (χ0n) is 24.1. The van der Waals surface area contributed by atoms with E-state index in [9.17, 15) is 23.6 Å². The molecule has 234 valence electrons. The first-order valence-corrected chi connectivity index (χ1v) is 15.0. The van der Waals surface area contributed by atoms with Crippen molar-refractivity contribution in [2.24, 2.45) is 0 Å². The molecule has 2 saturated heterocycles. The van der Waals surface area contributed by atoms with Gasteiger partial charge >= 0.3 is 0 Å². The molecule has 0 aliphatic carbocycles. The molecule has 3 aliphatic heterocycles. The maximum absolute atomic E-state index is 13.7. The molecule has 3 aromatic carbocycles. The molecular formula is C32H26ClFN6O6. The number of nitrogens with zero attached hydrogens (tertiary/aromatic N) is 3. The maximum Gasteiger partial charge on any atom is 0.262 e. The molecule has 4 heterocycles. The van der Waals surface area contributed by atoms with Crippen molar-refractivity contribution in [1.29, 1.82) is 0 Å². The van der Waals surface area contributed by atoms with Gasteiger partial charge in [0.05, 0.1) is 40.6 Å². The second kappa shape index (κ2) is 12.0. The lowest BCUT2D eigenvalue weighted by Crippen LogP contribution is -2.54. The molecule has 3 aliphatic rings. The molecule has 0 bridgehead atoms. The van der Waals surface area contributed by atoms with Gasteiger partial charge in [0.2, 0.25) is 11.8 Å². The van der Waals surface area contributed by atoms with E-state index in [1.54, 1.807) is 30.3 Å². The highest BCUT2D eigenvalue weighted by molar-refractivity contribution is 6.31. The van der Waals surface area contributed by atoms with E-state index >= 15 is 0 Å². The number of carbonyl (C=O) groups excluding carboxylic acids is 4. The minimum Gasteiger partial charge on any atom is -0.486 e. The van der Waals surface area contributed by atoms with Gasteiger partial charge in [-0.25, -0.2) is 14.4 Å². The van der Waals surface area contributed by atoms with Gasteiger partial charge in [0.15, 0.2) is 0 Å². The number of rotatable bonds is 8. The van der Waals surface area contributed by atoms with Gasteiger partial charge in [-0.3, -0.25) is 29.4 Å². The van der Waals surface area contributed by atoms with Crippen LogP contribution in [0.1, 0.15) is 45.5 Å². The van der Waals surface area contributed by atoms with Crippen LogP contribution in [0.3, 0.4) is 0 Å². The van der Waals surface area contributed by atoms with E-state index in [1.807, 2.05) is 6.07 Å². The van der Waals surface area contributed by atoms with Crippen molar-refractivity contribution in [3.63, 3.8) is 0 Å². The first-order valence-electron chi connectivity index (χ1n) is 14.6. The number of ether oxygens (including phenoxy) is 2. The van der Waals surface area contributed by atoms with E-state index in [4.69, 9.17) is 21.1 Å². The van der Waals surface area contributed by atoms with Gasteiger partial charge < -0.3 is 20.1 Å². The first-order chi connectivity index (χ1) is 22.2. The summed E-state index contributed by atoms with van der Waals surface area (Å²) in [5.41, 5.74) is 2.83. The molecule has 7 rings (SSSR count). The first kappa shape index (κ1) is 29.6. The Morgan fingerprint density at radius 2 is 1.87 bits per heavy atom. The van der Waals surface area contributed by atoms with Crippen molar-refractivity contribution in [3.8, 4) is 5.75 Å². The molecule has 14 heteroatoms. The summed E-state index contributed by atoms with van der Waals surface area (Å²) in [5, 5.41) is 9.36. The van der Waals surface area contributed by atoms with Crippen LogP contribution in [-0.4, -0.2) is 63.9 Å². The van der Waals surface area contributed by atoms with E-state index in [2.05, 4.69) is 25.9 Å². The predicted octanol–water partition coefficient (Wildman–Crippen LogP) is 4.35. The average molecular weight is 645 g/mol. The van der Waals surface area contributed by atoms with Crippen LogP contribution in [0.5, 0.6) is 5.75 Å². The van der Waals surface area contributed by atoms with Crippen molar-refractivity contribution in [3.05, 3.63) is 82.4 Å². The molecular weight excluding hydrogens is 619 g/mol. The Kier molecular flexibility index (Phi) is 7.70. The fraction of sp³-hybridized carbons (Fsp3) is 0.250. The van der Waals surface area contributed by atoms with E-state index < -0.39 is 35.5 Å². The Balaban J connectivity index is 1.17. The average Bonchev–Trinajstić information content (AvgIpc) is 3.64. The molecule has 4 aromatic rings. The molecule has 0 radical (unpaired) electrons. The second-order valence-electron chi connectivity index (χ2n) is 11.1. The number of hydrogen-bond donors (Lipinski definition) is 3. The number of halogens is 2. The lowest BCUT2D eigenvalue weighted by molar-refractivity contribution is -0.136. The second-order valence-corrected chi connectivity index (χ2v) is 11.5. The number of nitrogens with one attached hydrogen (secondary N) is 3. The zero-order chi connectivity index (χ0) is 31.9. The van der Waals surface area contributed by atoms with Crippen LogP contribution in [-0.2, 0) is 20.9 Å². The number of imide groups is 2. The van der Waals surface area contributed by atoms with Crippen LogP contribution < -0.4 is 20.7 Å². The van der Waals surface area contributed by atoms with Gasteiger partial charge in [-0.05, 0) is 48.4 Å². The van der Waals surface area contributed by atoms with Gasteiger partial charge in [0.1, 0.15) is 35.9 Å². The molecule has 1 unspecified atom stereocenters. The number of hydrogen-bond acceptors (Lipinski definition) is 10. The molecule has 1 aromatic heterocycles. The number of anilines is 3. The summed E-state index contributed by atoms with van der Waals surface area (Å²) in [7, 11) is 0. The number of amides is 4. The van der Waals surface area contributed by atoms with Crippen LogP contribution in [0, 0.1) is 5.82 Å². The fourth-order valence-electron chi connectivity index (χ4n) is 5.74. The number of carbonyl (C=O) groups is 4. The quantitative estimate of drug-likeness (QED) is 0.236. The minimum absolute atomic E-state index is 0.0325. The van der Waals surface area contributed by atoms with Crippen LogP contribution in [0.2, 0.25) is 5.02 Å². The molecule has 0 spiro atoms. The van der Waals surface area contributed by atoms with Crippen LogP contribution in [0.4, 0.5) is 21.6 Å². The van der Waals surface area contributed by atoms with Crippen molar-refractivity contribution in [2.75, 3.05) is 23.8 Å². The third-order valence-corrected chi connectivity index (χ3v) is 8.38. The molecule has 12 nitrogen and oxygen atoms in total. The topological polar surface area (TPSA) is 152 Å². The summed E-state index contributed by atoms with van der Waals surface area (Å²) in [6.45, 7) is 1.29. The molecule has 0 saturated carbocycles. The highest BCUT2D eigenvalue weighted by Crippen LogP contribution is 2.36. The van der Waals surface area contributed by atoms with E-state index in [0.29, 0.717) is 52.6 Å². The summed E-state index contributed by atoms with van der Waals surface area (Å²) < 4.78 is 25.5. The van der Waals surface area contributed by atoms with E-state index in [1.165, 1.54) is 18.5 Å². The Bertz CT molecular complexity index is 1930. The van der Waals surface area contributed by atoms with Crippen molar-refractivity contribution in [1.82, 2.24) is 20.2 Å². The summed E-state index contributed by atoms with van der Waals surface area (Å²) >= 11 is 5.98. The normalized spacial score (nSPS) is 19.4. The Labute approximate surface area is 266 Å². The molecule has 2 atom stereocenters. The molecule has 4 amide bonds. The molecule has 3 N–H and O–H groups in total. The van der Waals surface area contributed by atoms with Gasteiger partial charge in [-0.15, -0.1) is 0 Å². The minimum atomic E-state index is -1.04. The Hall–Kier alpha value is -5.14. The SMILES string of the molecule is O=C1CCC(N2C(=O)c3ccc(CNc4cc5c(Nc6ccc(F)c(Cl)c6)ncnc5cc4O[C@H]4CCOC4)cc3C2=O)C(=O)N1. The van der Waals surface area contributed by atoms with Gasteiger partial charge in [-0.1, -0.05) is 17.7 Å². The Morgan fingerprint density at radius 1 is 1.02 bits per heavy atom. The third-order valence-electron chi connectivity index (χ3n) is 8.09. The smallest absolute Gasteiger partial charge is 0.262 e. The van der Waals surface area contributed by atoms with E-state index in [-0.39, 0.29) is 41.6 Å². The monoisotopic (exact) mass is 644 g/mol. The van der Waals surface area contributed by atoms with Crippen LogP contribution >= 0.6 is 11.6 Å². The summed E-state index contributed by atoms with van der Waals surface area (Å²) in [4.78, 5) is 60.2.